The van der Waals surface area contributed by atoms with Crippen LogP contribution in [0.4, 0.5) is 0 Å². The number of allylic oxidation sites excluding steroid dienone is 4. The average Bonchev–Trinajstić information content (AvgIpc) is 3.13. The zero-order valence-corrected chi connectivity index (χ0v) is 37.8. The van der Waals surface area contributed by atoms with Crippen molar-refractivity contribution in [3.8, 4) is 0 Å². The molecule has 0 amide bonds. The first kappa shape index (κ1) is 54.0. The highest BCUT2D eigenvalue weighted by molar-refractivity contribution is 7.45. The van der Waals surface area contributed by atoms with Gasteiger partial charge in [0.05, 0.1) is 34.4 Å². The summed E-state index contributed by atoms with van der Waals surface area (Å²) >= 11 is 0. The number of phosphoric acid groups is 1. The standard InChI is InChI=1S/C46H90NO7P/c1-6-8-10-12-14-16-18-20-22-23-24-26-28-30-32-34-36-38-41-51-43-45(44-53-55(49,50)52-42-40-47(3,4)5)54-46(48)39-37-35-33-31-29-27-25-21-19-17-15-13-11-9-7-2/h14,16,20,22,45H,6-13,15,17-19,21,23-44H2,1-5H3/b16-14-,22-20-. The second kappa shape index (κ2) is 39.8. The molecule has 0 saturated heterocycles. The Morgan fingerprint density at radius 1 is 0.564 bits per heavy atom. The summed E-state index contributed by atoms with van der Waals surface area (Å²) in [7, 11) is 1.36. The van der Waals surface area contributed by atoms with E-state index < -0.39 is 13.9 Å². The molecule has 0 fully saturated rings. The van der Waals surface area contributed by atoms with E-state index in [0.717, 1.165) is 38.5 Å². The smallest absolute Gasteiger partial charge is 0.306 e. The topological polar surface area (TPSA) is 94.1 Å². The maximum Gasteiger partial charge on any atom is 0.306 e. The molecule has 0 saturated carbocycles. The highest BCUT2D eigenvalue weighted by Crippen LogP contribution is 2.38. The Kier molecular flexibility index (Phi) is 39.1. The second-order valence-electron chi connectivity index (χ2n) is 16.8. The van der Waals surface area contributed by atoms with Crippen molar-refractivity contribution in [2.24, 2.45) is 0 Å². The van der Waals surface area contributed by atoms with Crippen LogP contribution in [0.15, 0.2) is 24.3 Å². The molecule has 0 aliphatic carbocycles. The number of nitrogens with zero attached hydrogens (tertiary/aromatic N) is 1. The number of phosphoric ester groups is 1. The molecule has 0 aromatic heterocycles. The van der Waals surface area contributed by atoms with Crippen molar-refractivity contribution in [1.29, 1.82) is 0 Å². The molecule has 2 atom stereocenters. The number of esters is 1. The molecule has 0 radical (unpaired) electrons. The number of unbranched alkanes of at least 4 members (excludes halogenated alkanes) is 25. The predicted octanol–water partition coefficient (Wildman–Crippen LogP) is 13.0. The van der Waals surface area contributed by atoms with Gasteiger partial charge >= 0.3 is 5.97 Å². The van der Waals surface area contributed by atoms with Gasteiger partial charge in [-0.1, -0.05) is 179 Å². The molecule has 0 rings (SSSR count). The predicted molar refractivity (Wildman–Crippen MR) is 231 cm³/mol. The van der Waals surface area contributed by atoms with Crippen LogP contribution in [-0.4, -0.2) is 70.7 Å². The van der Waals surface area contributed by atoms with E-state index in [1.165, 1.54) is 148 Å². The largest absolute Gasteiger partial charge is 0.756 e. The van der Waals surface area contributed by atoms with Crippen LogP contribution in [0.5, 0.6) is 0 Å². The van der Waals surface area contributed by atoms with Crippen molar-refractivity contribution in [3.05, 3.63) is 24.3 Å². The first-order chi connectivity index (χ1) is 26.6. The van der Waals surface area contributed by atoms with E-state index in [2.05, 4.69) is 38.2 Å². The number of ether oxygens (including phenoxy) is 2. The van der Waals surface area contributed by atoms with Crippen LogP contribution in [-0.2, 0) is 27.9 Å². The van der Waals surface area contributed by atoms with Gasteiger partial charge in [0.25, 0.3) is 7.82 Å². The Morgan fingerprint density at radius 3 is 1.51 bits per heavy atom. The van der Waals surface area contributed by atoms with Crippen molar-refractivity contribution >= 4 is 13.8 Å². The summed E-state index contributed by atoms with van der Waals surface area (Å²) in [5, 5.41) is 0. The monoisotopic (exact) mass is 800 g/mol. The van der Waals surface area contributed by atoms with E-state index in [-0.39, 0.29) is 25.8 Å². The molecule has 0 spiro atoms. The fourth-order valence-corrected chi connectivity index (χ4v) is 7.13. The van der Waals surface area contributed by atoms with Gasteiger partial charge in [-0.15, -0.1) is 0 Å². The zero-order valence-electron chi connectivity index (χ0n) is 36.9. The Hall–Kier alpha value is -1.02. The highest BCUT2D eigenvalue weighted by atomic mass is 31.2. The van der Waals surface area contributed by atoms with Crippen LogP contribution in [0.2, 0.25) is 0 Å². The van der Waals surface area contributed by atoms with Crippen molar-refractivity contribution in [1.82, 2.24) is 0 Å². The molecule has 8 nitrogen and oxygen atoms in total. The molecule has 55 heavy (non-hydrogen) atoms. The first-order valence-corrected chi connectivity index (χ1v) is 24.5. The summed E-state index contributed by atoms with van der Waals surface area (Å²) in [6, 6.07) is 0. The summed E-state index contributed by atoms with van der Waals surface area (Å²) in [5.74, 6) is -0.333. The normalized spacial score (nSPS) is 13.9. The molecule has 326 valence electrons. The lowest BCUT2D eigenvalue weighted by atomic mass is 10.0. The van der Waals surface area contributed by atoms with Gasteiger partial charge in [-0.05, 0) is 44.9 Å². The van der Waals surface area contributed by atoms with Gasteiger partial charge in [0.2, 0.25) is 0 Å². The number of quaternary nitrogens is 1. The van der Waals surface area contributed by atoms with E-state index in [1.807, 2.05) is 21.1 Å². The number of likely N-dealkylation sites (N-methyl/N-ethyl adjacent to an activating group) is 1. The van der Waals surface area contributed by atoms with E-state index in [9.17, 15) is 14.3 Å². The fraction of sp³-hybridized carbons (Fsp3) is 0.891. The minimum absolute atomic E-state index is 0.0269. The molecule has 0 bridgehead atoms. The summed E-state index contributed by atoms with van der Waals surface area (Å²) in [6.45, 7) is 5.40. The van der Waals surface area contributed by atoms with Crippen molar-refractivity contribution < 1.29 is 37.3 Å². The molecule has 9 heteroatoms. The van der Waals surface area contributed by atoms with Crippen LogP contribution in [0.25, 0.3) is 0 Å². The average molecular weight is 800 g/mol. The van der Waals surface area contributed by atoms with E-state index in [0.29, 0.717) is 24.1 Å². The Bertz CT molecular complexity index is 936. The van der Waals surface area contributed by atoms with E-state index in [1.54, 1.807) is 0 Å². The zero-order chi connectivity index (χ0) is 40.6. The Morgan fingerprint density at radius 2 is 1.00 bits per heavy atom. The number of hydrogen-bond acceptors (Lipinski definition) is 7. The first-order valence-electron chi connectivity index (χ1n) is 23.1. The van der Waals surface area contributed by atoms with Gasteiger partial charge in [0.1, 0.15) is 19.3 Å². The molecule has 0 N–H and O–H groups in total. The summed E-state index contributed by atoms with van der Waals surface area (Å²) in [5.41, 5.74) is 0. The van der Waals surface area contributed by atoms with Crippen LogP contribution >= 0.6 is 7.82 Å². The van der Waals surface area contributed by atoms with Crippen LogP contribution in [0.1, 0.15) is 206 Å². The minimum Gasteiger partial charge on any atom is -0.756 e. The molecule has 0 aromatic carbocycles. The lowest BCUT2D eigenvalue weighted by Gasteiger charge is -2.28. The summed E-state index contributed by atoms with van der Waals surface area (Å²) in [6.07, 6.45) is 44.7. The number of carbonyl (C=O) groups is 1. The van der Waals surface area contributed by atoms with Gasteiger partial charge in [0.15, 0.2) is 0 Å². The molecule has 0 aliphatic rings. The number of hydrogen-bond donors (Lipinski definition) is 0. The fourth-order valence-electron chi connectivity index (χ4n) is 6.40. The van der Waals surface area contributed by atoms with Crippen molar-refractivity contribution in [2.75, 3.05) is 54.1 Å². The molecule has 0 aromatic rings. The van der Waals surface area contributed by atoms with Gasteiger partial charge in [-0.2, -0.15) is 0 Å². The minimum atomic E-state index is -4.52. The van der Waals surface area contributed by atoms with Gasteiger partial charge in [-0.3, -0.25) is 9.36 Å². The van der Waals surface area contributed by atoms with Gasteiger partial charge in [0, 0.05) is 13.0 Å². The summed E-state index contributed by atoms with van der Waals surface area (Å²) < 4.78 is 34.6. The molecule has 0 aliphatic heterocycles. The third-order valence-corrected chi connectivity index (χ3v) is 11.0. The number of rotatable bonds is 43. The SMILES string of the molecule is CCCCC/C=C\C/C=C\CCCCCCCCCCOCC(COP(=O)([O-])OCC[N+](C)(C)C)OC(=O)CCCCCCCCCCCCCCCCC. The lowest BCUT2D eigenvalue weighted by Crippen LogP contribution is -2.37. The molecule has 0 heterocycles. The molecular formula is C46H90NO7P. The maximum atomic E-state index is 12.7. The molecular weight excluding hydrogens is 709 g/mol. The van der Waals surface area contributed by atoms with E-state index >= 15 is 0 Å². The maximum absolute atomic E-state index is 12.7. The molecule has 2 unspecified atom stereocenters. The van der Waals surface area contributed by atoms with Crippen LogP contribution in [0, 0.1) is 0 Å². The van der Waals surface area contributed by atoms with Crippen molar-refractivity contribution in [2.45, 2.75) is 213 Å². The third-order valence-electron chi connectivity index (χ3n) is 10.0. The van der Waals surface area contributed by atoms with E-state index in [4.69, 9.17) is 18.5 Å². The van der Waals surface area contributed by atoms with Gasteiger partial charge in [-0.25, -0.2) is 0 Å². The summed E-state index contributed by atoms with van der Waals surface area (Å²) in [4.78, 5) is 25.1. The van der Waals surface area contributed by atoms with Crippen LogP contribution in [0.3, 0.4) is 0 Å². The second-order valence-corrected chi connectivity index (χ2v) is 18.2. The highest BCUT2D eigenvalue weighted by Gasteiger charge is 2.20. The third kappa shape index (κ3) is 43.9. The lowest BCUT2D eigenvalue weighted by molar-refractivity contribution is -0.870. The Labute approximate surface area is 341 Å². The van der Waals surface area contributed by atoms with Crippen LogP contribution < -0.4 is 4.89 Å². The van der Waals surface area contributed by atoms with Gasteiger partial charge < -0.3 is 27.9 Å². The quantitative estimate of drug-likeness (QED) is 0.0199. The number of carbonyl (C=O) groups excluding carboxylic acids is 1. The Balaban J connectivity index is 4.19. The van der Waals surface area contributed by atoms with Crippen molar-refractivity contribution in [3.63, 3.8) is 0 Å².